The second-order valence-corrected chi connectivity index (χ2v) is 14.4. The van der Waals surface area contributed by atoms with Crippen LogP contribution in [0, 0.1) is 17.8 Å². The summed E-state index contributed by atoms with van der Waals surface area (Å²) in [5, 5.41) is 11.2. The molecule has 7 atom stereocenters. The third-order valence-electron chi connectivity index (χ3n) is 9.42. The fourth-order valence-corrected chi connectivity index (χ4v) is 7.56. The zero-order valence-electron chi connectivity index (χ0n) is 25.3. The number of unbranched alkanes of at least 4 members (excludes halogenated alkanes) is 4. The van der Waals surface area contributed by atoms with Crippen molar-refractivity contribution in [3.63, 3.8) is 0 Å². The highest BCUT2D eigenvalue weighted by Crippen LogP contribution is 2.41. The second kappa shape index (κ2) is 17.7. The summed E-state index contributed by atoms with van der Waals surface area (Å²) in [6.07, 6.45) is 24.0. The molecule has 3 unspecified atom stereocenters. The van der Waals surface area contributed by atoms with Gasteiger partial charge in [0.25, 0.3) is 10.1 Å². The fourth-order valence-electron chi connectivity index (χ4n) is 7.14. The third kappa shape index (κ3) is 11.8. The third-order valence-corrected chi connectivity index (χ3v) is 10.0. The molecule has 2 saturated heterocycles. The van der Waals surface area contributed by atoms with Crippen molar-refractivity contribution in [1.82, 2.24) is 0 Å². The topological polar surface area (TPSA) is 101 Å². The van der Waals surface area contributed by atoms with Crippen molar-refractivity contribution >= 4 is 10.1 Å². The lowest BCUT2D eigenvalue weighted by molar-refractivity contribution is -0.193. The summed E-state index contributed by atoms with van der Waals surface area (Å²) in [6, 6.07) is 0. The smallest absolute Gasteiger partial charge is 0.264 e. The molecule has 4 rings (SSSR count). The number of rotatable bonds is 16. The minimum absolute atomic E-state index is 0.0394. The van der Waals surface area contributed by atoms with Gasteiger partial charge in [-0.05, 0) is 76.0 Å². The van der Waals surface area contributed by atoms with Crippen molar-refractivity contribution in [2.45, 2.75) is 146 Å². The normalized spacial score (nSPS) is 32.9. The van der Waals surface area contributed by atoms with Gasteiger partial charge < -0.3 is 24.1 Å². The summed E-state index contributed by atoms with van der Waals surface area (Å²) >= 11 is 0. The fraction of sp³-hybridized carbons (Fsp3) is 0.938. The lowest BCUT2D eigenvalue weighted by Gasteiger charge is -2.33. The van der Waals surface area contributed by atoms with E-state index in [-0.39, 0.29) is 43.2 Å². The molecule has 2 aliphatic carbocycles. The van der Waals surface area contributed by atoms with E-state index >= 15 is 0 Å². The Labute approximate surface area is 249 Å². The maximum absolute atomic E-state index is 11.2. The van der Waals surface area contributed by atoms with Gasteiger partial charge in [-0.2, -0.15) is 8.42 Å². The van der Waals surface area contributed by atoms with Gasteiger partial charge in [0.15, 0.2) is 12.6 Å². The first kappa shape index (κ1) is 33.3. The molecule has 0 amide bonds. The van der Waals surface area contributed by atoms with Gasteiger partial charge in [-0.25, -0.2) is 0 Å². The van der Waals surface area contributed by atoms with Gasteiger partial charge in [-0.15, -0.1) is 0 Å². The highest BCUT2D eigenvalue weighted by molar-refractivity contribution is 7.85. The van der Waals surface area contributed by atoms with Crippen LogP contribution in [-0.2, 0) is 33.2 Å². The van der Waals surface area contributed by atoms with Crippen molar-refractivity contribution in [1.29, 1.82) is 0 Å². The van der Waals surface area contributed by atoms with E-state index in [1.165, 1.54) is 32.1 Å². The van der Waals surface area contributed by atoms with E-state index in [0.717, 1.165) is 96.5 Å². The minimum Gasteiger partial charge on any atom is -0.393 e. The summed E-state index contributed by atoms with van der Waals surface area (Å²) in [7, 11) is -3.36. The summed E-state index contributed by atoms with van der Waals surface area (Å²) in [6.45, 7) is 1.79. The summed E-state index contributed by atoms with van der Waals surface area (Å²) < 4.78 is 52.2. The van der Waals surface area contributed by atoms with Gasteiger partial charge in [0.05, 0.1) is 31.2 Å². The molecule has 0 bridgehead atoms. The number of ether oxygens (including phenoxy) is 4. The van der Waals surface area contributed by atoms with E-state index in [4.69, 9.17) is 23.1 Å². The van der Waals surface area contributed by atoms with Crippen LogP contribution in [0.15, 0.2) is 12.2 Å². The van der Waals surface area contributed by atoms with Gasteiger partial charge in [0.2, 0.25) is 0 Å². The Morgan fingerprint density at radius 1 is 0.854 bits per heavy atom. The predicted octanol–water partition coefficient (Wildman–Crippen LogP) is 6.26. The predicted molar refractivity (Wildman–Crippen MR) is 159 cm³/mol. The number of aliphatic hydroxyl groups is 1. The maximum Gasteiger partial charge on any atom is 0.264 e. The van der Waals surface area contributed by atoms with Gasteiger partial charge in [0.1, 0.15) is 0 Å². The monoisotopic (exact) mass is 600 g/mol. The first-order chi connectivity index (χ1) is 19.9. The number of hydrogen-bond donors (Lipinski definition) is 1. The van der Waals surface area contributed by atoms with Crippen LogP contribution < -0.4 is 0 Å². The summed E-state index contributed by atoms with van der Waals surface area (Å²) in [5.74, 6) is 0.787. The van der Waals surface area contributed by atoms with E-state index in [0.29, 0.717) is 12.3 Å². The van der Waals surface area contributed by atoms with Crippen LogP contribution in [0.4, 0.5) is 0 Å². The molecule has 0 radical (unpaired) electrons. The summed E-state index contributed by atoms with van der Waals surface area (Å²) in [4.78, 5) is 0. The van der Waals surface area contributed by atoms with Crippen LogP contribution in [0.25, 0.3) is 0 Å². The van der Waals surface area contributed by atoms with Crippen LogP contribution in [-0.4, -0.2) is 70.5 Å². The van der Waals surface area contributed by atoms with Crippen molar-refractivity contribution in [3.8, 4) is 0 Å². The molecule has 2 aliphatic heterocycles. The molecule has 0 aromatic carbocycles. The molecule has 0 aromatic rings. The van der Waals surface area contributed by atoms with E-state index in [1.54, 1.807) is 0 Å². The van der Waals surface area contributed by atoms with Gasteiger partial charge in [0, 0.05) is 25.6 Å². The molecule has 0 aromatic heterocycles. The van der Waals surface area contributed by atoms with Crippen molar-refractivity contribution in [2.75, 3.05) is 26.1 Å². The largest absolute Gasteiger partial charge is 0.393 e. The molecule has 2 heterocycles. The summed E-state index contributed by atoms with van der Waals surface area (Å²) in [5.41, 5.74) is 0. The zero-order valence-corrected chi connectivity index (χ0v) is 26.2. The molecule has 8 nitrogen and oxygen atoms in total. The van der Waals surface area contributed by atoms with Crippen molar-refractivity contribution in [3.05, 3.63) is 12.2 Å². The first-order valence-corrected chi connectivity index (χ1v) is 18.5. The van der Waals surface area contributed by atoms with Gasteiger partial charge in [-0.1, -0.05) is 57.1 Å². The molecule has 238 valence electrons. The second-order valence-electron chi connectivity index (χ2n) is 12.8. The van der Waals surface area contributed by atoms with E-state index in [2.05, 4.69) is 12.2 Å². The zero-order chi connectivity index (χ0) is 28.9. The maximum atomic E-state index is 11.2. The van der Waals surface area contributed by atoms with Crippen molar-refractivity contribution < 1.29 is 36.7 Å². The average molecular weight is 601 g/mol. The SMILES string of the molecule is CS(=O)(=O)OCCCCCCC[C@H]1C(O)C[C@@H](OC2CCCCO2)[C@@H]1/C=C/[C@H](OC1CCCCO1)C1CCCCC1. The Balaban J connectivity index is 1.36. The molecule has 2 saturated carbocycles. The standard InChI is InChI=1S/C32H56O8S/c1-41(34,35)38-23-11-4-2-3-8-16-26-27(30(24-28(26)33)40-32-18-10-13-22-37-32)19-20-29(25-14-6-5-7-15-25)39-31-17-9-12-21-36-31/h19-20,25-33H,2-18,21-24H2,1H3/b20-19+/t26-,27-,28?,29+,30-,31?,32?/m1/s1. The van der Waals surface area contributed by atoms with Crippen LogP contribution in [0.5, 0.6) is 0 Å². The van der Waals surface area contributed by atoms with E-state index in [9.17, 15) is 13.5 Å². The molecule has 4 fully saturated rings. The minimum atomic E-state index is -3.36. The van der Waals surface area contributed by atoms with Gasteiger partial charge in [-0.3, -0.25) is 4.18 Å². The highest BCUT2D eigenvalue weighted by atomic mass is 32.2. The van der Waals surface area contributed by atoms with E-state index in [1.807, 2.05) is 0 Å². The Bertz CT molecular complexity index is 846. The molecule has 1 N–H and O–H groups in total. The van der Waals surface area contributed by atoms with Crippen LogP contribution in [0.3, 0.4) is 0 Å². The lowest BCUT2D eigenvalue weighted by atomic mass is 9.83. The number of hydrogen-bond acceptors (Lipinski definition) is 8. The Kier molecular flexibility index (Phi) is 14.4. The van der Waals surface area contributed by atoms with E-state index < -0.39 is 16.2 Å². The average Bonchev–Trinajstić information content (AvgIpc) is 3.26. The molecule has 9 heteroatoms. The van der Waals surface area contributed by atoms with Crippen LogP contribution in [0.1, 0.15) is 116 Å². The quantitative estimate of drug-likeness (QED) is 0.126. The molecule has 0 spiro atoms. The molecule has 41 heavy (non-hydrogen) atoms. The molecular formula is C32H56O8S. The van der Waals surface area contributed by atoms with Gasteiger partial charge >= 0.3 is 0 Å². The first-order valence-electron chi connectivity index (χ1n) is 16.6. The Morgan fingerprint density at radius 2 is 1.51 bits per heavy atom. The highest BCUT2D eigenvalue weighted by Gasteiger charge is 2.43. The van der Waals surface area contributed by atoms with Crippen molar-refractivity contribution in [2.24, 2.45) is 17.8 Å². The van der Waals surface area contributed by atoms with Crippen LogP contribution in [0.2, 0.25) is 0 Å². The Morgan fingerprint density at radius 3 is 2.20 bits per heavy atom. The van der Waals surface area contributed by atoms with Crippen LogP contribution >= 0.6 is 0 Å². The molecular weight excluding hydrogens is 544 g/mol. The lowest BCUT2D eigenvalue weighted by Crippen LogP contribution is -2.33. The molecule has 4 aliphatic rings. The number of aliphatic hydroxyl groups excluding tert-OH is 1. The Hall–Kier alpha value is -0.550.